The molecule has 3 aliphatic rings. The summed E-state index contributed by atoms with van der Waals surface area (Å²) in [6.45, 7) is 0. The second-order valence-electron chi connectivity index (χ2n) is 3.40. The number of H-pyrrole nitrogens is 1. The zero-order valence-corrected chi connectivity index (χ0v) is 7.67. The molecule has 2 aliphatic heterocycles. The van der Waals surface area contributed by atoms with Crippen LogP contribution in [-0.2, 0) is 0 Å². The number of aromatic nitrogens is 3. The Morgan fingerprint density at radius 3 is 3.00 bits per heavy atom. The van der Waals surface area contributed by atoms with E-state index in [1.54, 1.807) is 6.33 Å². The summed E-state index contributed by atoms with van der Waals surface area (Å²) in [5.74, 6) is 1.52. The van der Waals surface area contributed by atoms with Crippen molar-refractivity contribution in [1.82, 2.24) is 15.0 Å². The molecule has 0 saturated heterocycles. The molecule has 0 bridgehead atoms. The second kappa shape index (κ2) is 2.45. The zero-order chi connectivity index (χ0) is 8.84. The smallest absolute Gasteiger partial charge is 0.142 e. The van der Waals surface area contributed by atoms with E-state index in [4.69, 9.17) is 11.6 Å². The molecular weight excluding hydrogens is 186 g/mol. The van der Waals surface area contributed by atoms with Crippen molar-refractivity contribution in [3.63, 3.8) is 0 Å². The SMILES string of the molecule is Clc1nc[nH]c2ncc(C3CC3)c1-2. The van der Waals surface area contributed by atoms with Gasteiger partial charge in [0.05, 0.1) is 11.9 Å². The minimum absolute atomic E-state index is 0.563. The Labute approximate surface area is 80.5 Å². The van der Waals surface area contributed by atoms with Crippen molar-refractivity contribution in [3.05, 3.63) is 23.2 Å². The van der Waals surface area contributed by atoms with Gasteiger partial charge in [0.2, 0.25) is 0 Å². The predicted molar refractivity (Wildman–Crippen MR) is 50.0 cm³/mol. The molecule has 0 unspecified atom stereocenters. The Morgan fingerprint density at radius 2 is 2.23 bits per heavy atom. The van der Waals surface area contributed by atoms with Crippen LogP contribution < -0.4 is 0 Å². The lowest BCUT2D eigenvalue weighted by atomic mass is 10.1. The van der Waals surface area contributed by atoms with Crippen molar-refractivity contribution in [3.8, 4) is 11.4 Å². The topological polar surface area (TPSA) is 41.6 Å². The Bertz CT molecular complexity index is 419. The van der Waals surface area contributed by atoms with Gasteiger partial charge in [-0.1, -0.05) is 11.6 Å². The number of hydrogen-bond donors (Lipinski definition) is 1. The molecule has 0 radical (unpaired) electrons. The third-order valence-corrected chi connectivity index (χ3v) is 2.75. The Hall–Kier alpha value is -1.09. The van der Waals surface area contributed by atoms with Gasteiger partial charge in [0.15, 0.2) is 0 Å². The summed E-state index contributed by atoms with van der Waals surface area (Å²) >= 11 is 6.00. The van der Waals surface area contributed by atoms with Gasteiger partial charge in [-0.3, -0.25) is 0 Å². The average molecular weight is 194 g/mol. The third kappa shape index (κ3) is 1.04. The quantitative estimate of drug-likeness (QED) is 0.707. The highest BCUT2D eigenvalue weighted by atomic mass is 35.5. The van der Waals surface area contributed by atoms with Crippen LogP contribution in [0.1, 0.15) is 24.3 Å². The van der Waals surface area contributed by atoms with Crippen molar-refractivity contribution in [2.24, 2.45) is 0 Å². The minimum Gasteiger partial charge on any atom is -0.330 e. The number of fused-ring (bicyclic) bond motifs is 1. The van der Waals surface area contributed by atoms with E-state index in [9.17, 15) is 0 Å². The molecule has 0 atom stereocenters. The lowest BCUT2D eigenvalue weighted by Crippen LogP contribution is -1.89. The molecule has 1 aliphatic carbocycles. The van der Waals surface area contributed by atoms with Crippen molar-refractivity contribution in [2.75, 3.05) is 0 Å². The first kappa shape index (κ1) is 7.33. The van der Waals surface area contributed by atoms with Gasteiger partial charge in [0, 0.05) is 6.20 Å². The van der Waals surface area contributed by atoms with Crippen LogP contribution in [0.3, 0.4) is 0 Å². The maximum Gasteiger partial charge on any atom is 0.142 e. The molecule has 0 aromatic rings. The van der Waals surface area contributed by atoms with Crippen molar-refractivity contribution in [1.29, 1.82) is 0 Å². The second-order valence-corrected chi connectivity index (χ2v) is 3.76. The van der Waals surface area contributed by atoms with E-state index >= 15 is 0 Å². The van der Waals surface area contributed by atoms with Gasteiger partial charge >= 0.3 is 0 Å². The van der Waals surface area contributed by atoms with Gasteiger partial charge in [-0.2, -0.15) is 0 Å². The summed E-state index contributed by atoms with van der Waals surface area (Å²) in [6.07, 6.45) is 6.00. The monoisotopic (exact) mass is 193 g/mol. The van der Waals surface area contributed by atoms with Crippen LogP contribution in [0.2, 0.25) is 5.15 Å². The molecule has 0 spiro atoms. The summed E-state index contributed by atoms with van der Waals surface area (Å²) in [5, 5.41) is 0.563. The first-order valence-electron chi connectivity index (χ1n) is 4.34. The standard InChI is InChI=1S/C9H8ClN3/c10-8-7-6(5-1-2-5)3-11-9(7)13-4-12-8/h3-5H,1-2H2,(H,11,12,13). The van der Waals surface area contributed by atoms with Crippen LogP contribution in [0, 0.1) is 0 Å². The fourth-order valence-electron chi connectivity index (χ4n) is 1.64. The van der Waals surface area contributed by atoms with Gasteiger partial charge in [0.25, 0.3) is 0 Å². The molecule has 13 heavy (non-hydrogen) atoms. The van der Waals surface area contributed by atoms with E-state index in [-0.39, 0.29) is 0 Å². The molecular formula is C9H8ClN3. The molecule has 0 aromatic carbocycles. The van der Waals surface area contributed by atoms with Crippen LogP contribution in [0.4, 0.5) is 0 Å². The van der Waals surface area contributed by atoms with Crippen molar-refractivity contribution >= 4 is 11.6 Å². The number of nitrogens with zero attached hydrogens (tertiary/aromatic N) is 2. The van der Waals surface area contributed by atoms with Crippen LogP contribution in [0.25, 0.3) is 11.4 Å². The van der Waals surface area contributed by atoms with Crippen LogP contribution in [-0.4, -0.2) is 15.0 Å². The molecule has 3 nitrogen and oxygen atoms in total. The van der Waals surface area contributed by atoms with E-state index in [2.05, 4.69) is 15.0 Å². The molecule has 4 heteroatoms. The Morgan fingerprint density at radius 1 is 1.38 bits per heavy atom. The molecule has 0 amide bonds. The molecule has 1 fully saturated rings. The Balaban J connectivity index is 2.26. The number of aromatic amines is 1. The molecule has 0 aromatic heterocycles. The van der Waals surface area contributed by atoms with E-state index in [0.717, 1.165) is 11.4 Å². The zero-order valence-electron chi connectivity index (χ0n) is 6.92. The summed E-state index contributed by atoms with van der Waals surface area (Å²) in [6, 6.07) is 0. The lowest BCUT2D eigenvalue weighted by molar-refractivity contribution is 1.11. The number of halogens is 1. The third-order valence-electron chi connectivity index (χ3n) is 2.46. The van der Waals surface area contributed by atoms with Gasteiger partial charge in [-0.25, -0.2) is 9.97 Å². The maximum absolute atomic E-state index is 6.00. The van der Waals surface area contributed by atoms with Crippen LogP contribution >= 0.6 is 11.6 Å². The van der Waals surface area contributed by atoms with Gasteiger partial charge in [-0.15, -0.1) is 0 Å². The van der Waals surface area contributed by atoms with Gasteiger partial charge in [-0.05, 0) is 24.3 Å². The summed E-state index contributed by atoms with van der Waals surface area (Å²) in [7, 11) is 0. The highest BCUT2D eigenvalue weighted by Crippen LogP contribution is 2.46. The van der Waals surface area contributed by atoms with Crippen molar-refractivity contribution < 1.29 is 0 Å². The summed E-state index contributed by atoms with van der Waals surface area (Å²) in [5.41, 5.74) is 2.26. The van der Waals surface area contributed by atoms with E-state index in [1.807, 2.05) is 6.20 Å². The number of nitrogens with one attached hydrogen (secondary N) is 1. The lowest BCUT2D eigenvalue weighted by Gasteiger charge is -2.01. The molecule has 3 rings (SSSR count). The molecule has 66 valence electrons. The van der Waals surface area contributed by atoms with E-state index in [1.165, 1.54) is 18.4 Å². The van der Waals surface area contributed by atoms with E-state index < -0.39 is 0 Å². The van der Waals surface area contributed by atoms with E-state index in [0.29, 0.717) is 11.1 Å². The van der Waals surface area contributed by atoms with Crippen LogP contribution in [0.15, 0.2) is 12.5 Å². The largest absolute Gasteiger partial charge is 0.330 e. The van der Waals surface area contributed by atoms with Gasteiger partial charge < -0.3 is 4.98 Å². The minimum atomic E-state index is 0.563. The first-order chi connectivity index (χ1) is 6.36. The fraction of sp³-hybridized carbons (Fsp3) is 0.333. The number of rotatable bonds is 1. The van der Waals surface area contributed by atoms with Crippen molar-refractivity contribution in [2.45, 2.75) is 18.8 Å². The predicted octanol–water partition coefficient (Wildman–Crippen LogP) is 2.44. The molecule has 2 heterocycles. The first-order valence-corrected chi connectivity index (χ1v) is 4.71. The highest BCUT2D eigenvalue weighted by molar-refractivity contribution is 6.32. The fourth-order valence-corrected chi connectivity index (χ4v) is 1.89. The summed E-state index contributed by atoms with van der Waals surface area (Å²) in [4.78, 5) is 11.3. The molecule has 1 saturated carbocycles. The average Bonchev–Trinajstić information content (AvgIpc) is 2.87. The molecule has 1 N–H and O–H groups in total. The number of hydrogen-bond acceptors (Lipinski definition) is 2. The normalized spacial score (nSPS) is 16.7. The maximum atomic E-state index is 6.00. The van der Waals surface area contributed by atoms with Gasteiger partial charge in [0.1, 0.15) is 11.0 Å². The summed E-state index contributed by atoms with van der Waals surface area (Å²) < 4.78 is 0. The van der Waals surface area contributed by atoms with Crippen LogP contribution in [0.5, 0.6) is 0 Å². The highest BCUT2D eigenvalue weighted by Gasteiger charge is 2.30. The Kier molecular flexibility index (Phi) is 1.38.